The molecule has 1 aliphatic carbocycles. The van der Waals surface area contributed by atoms with Crippen molar-refractivity contribution in [2.45, 2.75) is 57.2 Å². The van der Waals surface area contributed by atoms with Crippen LogP contribution in [0.2, 0.25) is 0 Å². The second-order valence-electron chi connectivity index (χ2n) is 6.32. The number of nitrogens with zero attached hydrogens (tertiary/aromatic N) is 1. The minimum atomic E-state index is -0.0701. The summed E-state index contributed by atoms with van der Waals surface area (Å²) in [4.78, 5) is 2.60. The molecule has 0 amide bonds. The largest absolute Gasteiger partial charge is 0.393 e. The third-order valence-electron chi connectivity index (χ3n) is 4.99. The summed E-state index contributed by atoms with van der Waals surface area (Å²) in [6, 6.07) is 9.24. The van der Waals surface area contributed by atoms with Gasteiger partial charge in [-0.05, 0) is 49.9 Å². The molecule has 3 unspecified atom stereocenters. The molecule has 2 aliphatic rings. The van der Waals surface area contributed by atoms with E-state index in [1.807, 2.05) is 0 Å². The molecule has 20 heavy (non-hydrogen) atoms. The van der Waals surface area contributed by atoms with E-state index in [1.165, 1.54) is 44.2 Å². The van der Waals surface area contributed by atoms with E-state index in [-0.39, 0.29) is 6.10 Å². The predicted molar refractivity (Wildman–Crippen MR) is 85.5 cm³/mol. The highest BCUT2D eigenvalue weighted by Gasteiger charge is 2.36. The summed E-state index contributed by atoms with van der Waals surface area (Å²) in [7, 11) is 0. The third kappa shape index (κ3) is 3.26. The number of aliphatic hydroxyl groups excluding tert-OH is 1. The van der Waals surface area contributed by atoms with Gasteiger partial charge >= 0.3 is 0 Å². The molecule has 1 N–H and O–H groups in total. The molecule has 1 aromatic carbocycles. The lowest BCUT2D eigenvalue weighted by molar-refractivity contribution is 0.0201. The first-order valence-electron chi connectivity index (χ1n) is 7.90. The van der Waals surface area contributed by atoms with Gasteiger partial charge in [-0.1, -0.05) is 40.9 Å². The summed E-state index contributed by atoms with van der Waals surface area (Å²) >= 11 is 3.49. The maximum absolute atomic E-state index is 10.3. The molecule has 1 aliphatic heterocycles. The van der Waals surface area contributed by atoms with Crippen molar-refractivity contribution in [3.05, 3.63) is 34.3 Å². The van der Waals surface area contributed by atoms with Gasteiger partial charge in [0.15, 0.2) is 0 Å². The lowest BCUT2D eigenvalue weighted by Gasteiger charge is -2.37. The highest BCUT2D eigenvalue weighted by Crippen LogP contribution is 2.35. The van der Waals surface area contributed by atoms with E-state index in [1.54, 1.807) is 0 Å². The van der Waals surface area contributed by atoms with Crippen LogP contribution in [0.1, 0.15) is 44.1 Å². The molecule has 3 heteroatoms. The van der Waals surface area contributed by atoms with Crippen molar-refractivity contribution >= 4 is 15.9 Å². The topological polar surface area (TPSA) is 23.5 Å². The Morgan fingerprint density at radius 3 is 2.55 bits per heavy atom. The lowest BCUT2D eigenvalue weighted by Crippen LogP contribution is -2.42. The Hall–Kier alpha value is -0.380. The van der Waals surface area contributed by atoms with E-state index in [0.29, 0.717) is 12.0 Å². The third-order valence-corrected chi connectivity index (χ3v) is 5.52. The molecule has 1 aromatic rings. The Balaban J connectivity index is 1.67. The molecule has 1 saturated heterocycles. The van der Waals surface area contributed by atoms with Gasteiger partial charge in [0.1, 0.15) is 0 Å². The number of halogens is 1. The van der Waals surface area contributed by atoms with E-state index < -0.39 is 0 Å². The van der Waals surface area contributed by atoms with Crippen LogP contribution in [0.5, 0.6) is 0 Å². The molecule has 2 fully saturated rings. The Labute approximate surface area is 130 Å². The van der Waals surface area contributed by atoms with Gasteiger partial charge in [0, 0.05) is 23.0 Å². The second-order valence-corrected chi connectivity index (χ2v) is 7.24. The Morgan fingerprint density at radius 2 is 1.80 bits per heavy atom. The van der Waals surface area contributed by atoms with Gasteiger partial charge in [0.2, 0.25) is 0 Å². The van der Waals surface area contributed by atoms with Crippen molar-refractivity contribution in [1.29, 1.82) is 0 Å². The monoisotopic (exact) mass is 337 g/mol. The molecule has 3 atom stereocenters. The van der Waals surface area contributed by atoms with E-state index in [4.69, 9.17) is 0 Å². The van der Waals surface area contributed by atoms with E-state index in [9.17, 15) is 5.11 Å². The molecule has 0 aromatic heterocycles. The maximum Gasteiger partial charge on any atom is 0.0583 e. The standard InChI is InChI=1S/C17H24BrNO/c18-14-9-7-13(8-10-14)12-19-11-3-5-16(19)15-4-1-2-6-17(15)20/h7-10,15-17,20H,1-6,11-12H2. The summed E-state index contributed by atoms with van der Waals surface area (Å²) < 4.78 is 1.14. The molecular weight excluding hydrogens is 314 g/mol. The molecular formula is C17H24BrNO. The lowest BCUT2D eigenvalue weighted by atomic mass is 9.80. The molecule has 1 saturated carbocycles. The van der Waals surface area contributed by atoms with Gasteiger partial charge in [-0.25, -0.2) is 0 Å². The first-order chi connectivity index (χ1) is 9.74. The number of aliphatic hydroxyl groups is 1. The van der Waals surface area contributed by atoms with Crippen LogP contribution in [0.15, 0.2) is 28.7 Å². The average molecular weight is 338 g/mol. The fourth-order valence-electron chi connectivity index (χ4n) is 3.95. The van der Waals surface area contributed by atoms with Gasteiger partial charge in [-0.15, -0.1) is 0 Å². The van der Waals surface area contributed by atoms with Crippen LogP contribution in [0.3, 0.4) is 0 Å². The fourth-order valence-corrected chi connectivity index (χ4v) is 4.21. The Morgan fingerprint density at radius 1 is 1.05 bits per heavy atom. The van der Waals surface area contributed by atoms with Crippen molar-refractivity contribution in [3.63, 3.8) is 0 Å². The van der Waals surface area contributed by atoms with Gasteiger partial charge in [0.05, 0.1) is 6.10 Å². The summed E-state index contributed by atoms with van der Waals surface area (Å²) in [5.41, 5.74) is 1.38. The van der Waals surface area contributed by atoms with Crippen LogP contribution in [0.4, 0.5) is 0 Å². The van der Waals surface area contributed by atoms with Crippen molar-refractivity contribution < 1.29 is 5.11 Å². The molecule has 110 valence electrons. The van der Waals surface area contributed by atoms with Crippen molar-refractivity contribution in [3.8, 4) is 0 Å². The smallest absolute Gasteiger partial charge is 0.0583 e. The molecule has 3 rings (SSSR count). The molecule has 0 bridgehead atoms. The Bertz CT molecular complexity index is 433. The molecule has 0 spiro atoms. The zero-order valence-electron chi connectivity index (χ0n) is 12.0. The number of rotatable bonds is 3. The van der Waals surface area contributed by atoms with Crippen LogP contribution >= 0.6 is 15.9 Å². The summed E-state index contributed by atoms with van der Waals surface area (Å²) in [6.45, 7) is 2.21. The average Bonchev–Trinajstić information content (AvgIpc) is 2.90. The SMILES string of the molecule is OC1CCCCC1C1CCCN1Cc1ccc(Br)cc1. The van der Waals surface area contributed by atoms with E-state index >= 15 is 0 Å². The first kappa shape index (κ1) is 14.6. The molecule has 0 radical (unpaired) electrons. The van der Waals surface area contributed by atoms with E-state index in [2.05, 4.69) is 45.1 Å². The van der Waals surface area contributed by atoms with Crippen LogP contribution in [-0.2, 0) is 6.54 Å². The number of benzene rings is 1. The highest BCUT2D eigenvalue weighted by molar-refractivity contribution is 9.10. The van der Waals surface area contributed by atoms with Gasteiger partial charge in [-0.2, -0.15) is 0 Å². The number of hydrogen-bond acceptors (Lipinski definition) is 2. The zero-order valence-corrected chi connectivity index (χ0v) is 13.6. The minimum Gasteiger partial charge on any atom is -0.393 e. The zero-order chi connectivity index (χ0) is 13.9. The van der Waals surface area contributed by atoms with Gasteiger partial charge < -0.3 is 5.11 Å². The number of hydrogen-bond donors (Lipinski definition) is 1. The molecule has 1 heterocycles. The highest BCUT2D eigenvalue weighted by atomic mass is 79.9. The second kappa shape index (κ2) is 6.59. The molecule has 2 nitrogen and oxygen atoms in total. The maximum atomic E-state index is 10.3. The van der Waals surface area contributed by atoms with Crippen molar-refractivity contribution in [2.24, 2.45) is 5.92 Å². The van der Waals surface area contributed by atoms with Crippen LogP contribution < -0.4 is 0 Å². The quantitative estimate of drug-likeness (QED) is 0.902. The minimum absolute atomic E-state index is 0.0701. The number of likely N-dealkylation sites (tertiary alicyclic amines) is 1. The summed E-state index contributed by atoms with van der Waals surface area (Å²) in [5, 5.41) is 10.3. The van der Waals surface area contributed by atoms with Crippen molar-refractivity contribution in [1.82, 2.24) is 4.90 Å². The summed E-state index contributed by atoms with van der Waals surface area (Å²) in [5.74, 6) is 0.502. The summed E-state index contributed by atoms with van der Waals surface area (Å²) in [6.07, 6.45) is 7.19. The van der Waals surface area contributed by atoms with Crippen LogP contribution in [-0.4, -0.2) is 28.7 Å². The van der Waals surface area contributed by atoms with E-state index in [0.717, 1.165) is 17.4 Å². The van der Waals surface area contributed by atoms with Crippen molar-refractivity contribution in [2.75, 3.05) is 6.54 Å². The normalized spacial score (nSPS) is 31.6. The van der Waals surface area contributed by atoms with Crippen LogP contribution in [0.25, 0.3) is 0 Å². The van der Waals surface area contributed by atoms with Gasteiger partial charge in [-0.3, -0.25) is 4.90 Å². The fraction of sp³-hybridized carbons (Fsp3) is 0.647. The predicted octanol–water partition coefficient (Wildman–Crippen LogP) is 3.96. The Kier molecular flexibility index (Phi) is 4.79. The van der Waals surface area contributed by atoms with Crippen LogP contribution in [0, 0.1) is 5.92 Å². The first-order valence-corrected chi connectivity index (χ1v) is 8.70. The van der Waals surface area contributed by atoms with Gasteiger partial charge in [0.25, 0.3) is 0 Å².